The predicted molar refractivity (Wildman–Crippen MR) is 111 cm³/mol. The molecule has 9 nitrogen and oxygen atoms in total. The van der Waals surface area contributed by atoms with E-state index in [4.69, 9.17) is 11.6 Å². The average Bonchev–Trinajstić information content (AvgIpc) is 2.62. The molecule has 0 aliphatic carbocycles. The summed E-state index contributed by atoms with van der Waals surface area (Å²) in [5, 5.41) is 4.15. The molecule has 1 aliphatic rings. The van der Waals surface area contributed by atoms with Crippen molar-refractivity contribution in [1.29, 1.82) is 0 Å². The lowest BCUT2D eigenvalue weighted by molar-refractivity contribution is 0.311. The number of piperazine rings is 1. The molecule has 1 saturated heterocycles. The first kappa shape index (κ1) is 21.8. The number of nitrogens with one attached hydrogen (secondary N) is 2. The number of fused-ring (bicyclic) bond motifs is 1. The van der Waals surface area contributed by atoms with Crippen LogP contribution in [0.4, 0.5) is 11.8 Å². The molecule has 150 valence electrons. The molecule has 2 N–H and O–H groups in total. The van der Waals surface area contributed by atoms with Gasteiger partial charge in [0.1, 0.15) is 11.0 Å². The zero-order chi connectivity index (χ0) is 18.7. The van der Waals surface area contributed by atoms with Crippen LogP contribution in [0.25, 0.3) is 10.9 Å². The Morgan fingerprint density at radius 3 is 2.59 bits per heavy atom. The second-order valence-electron chi connectivity index (χ2n) is 6.14. The van der Waals surface area contributed by atoms with Crippen molar-refractivity contribution >= 4 is 56.7 Å². The lowest BCUT2D eigenvalue weighted by Gasteiger charge is -2.32. The molecule has 1 aliphatic heterocycles. The Hall–Kier alpha value is -1.46. The number of hydrogen-bond donors (Lipinski definition) is 2. The van der Waals surface area contributed by atoms with Crippen molar-refractivity contribution in [2.45, 2.75) is 0 Å². The Morgan fingerprint density at radius 1 is 1.22 bits per heavy atom. The van der Waals surface area contributed by atoms with Crippen molar-refractivity contribution < 1.29 is 8.42 Å². The van der Waals surface area contributed by atoms with Gasteiger partial charge >= 0.3 is 0 Å². The predicted octanol–water partition coefficient (Wildman–Crippen LogP) is 0.813. The fraction of sp³-hybridized carbons (Fsp3) is 0.533. The van der Waals surface area contributed by atoms with Gasteiger partial charge in [0.25, 0.3) is 0 Å². The quantitative estimate of drug-likeness (QED) is 0.642. The highest BCUT2D eigenvalue weighted by Gasteiger charge is 2.19. The summed E-state index contributed by atoms with van der Waals surface area (Å²) in [6.07, 6.45) is 1.61. The van der Waals surface area contributed by atoms with Crippen molar-refractivity contribution in [3.8, 4) is 0 Å². The molecule has 2 aromatic heterocycles. The Bertz CT molecular complexity index is 889. The number of pyridine rings is 1. The Balaban J connectivity index is 0.00000261. The number of aromatic nitrogens is 3. The van der Waals surface area contributed by atoms with Gasteiger partial charge in [0.2, 0.25) is 16.0 Å². The molecule has 0 aromatic carbocycles. The number of anilines is 2. The summed E-state index contributed by atoms with van der Waals surface area (Å²) in [6, 6.07) is 1.68. The summed E-state index contributed by atoms with van der Waals surface area (Å²) < 4.78 is 25.5. The third kappa shape index (κ3) is 5.52. The van der Waals surface area contributed by atoms with E-state index in [2.05, 4.69) is 41.8 Å². The van der Waals surface area contributed by atoms with E-state index in [9.17, 15) is 8.42 Å². The van der Waals surface area contributed by atoms with Crippen LogP contribution in [0.5, 0.6) is 0 Å². The zero-order valence-corrected chi connectivity index (χ0v) is 17.5. The summed E-state index contributed by atoms with van der Waals surface area (Å²) in [6.45, 7) is 3.75. The van der Waals surface area contributed by atoms with Crippen LogP contribution >= 0.6 is 24.0 Å². The van der Waals surface area contributed by atoms with Crippen molar-refractivity contribution in [3.63, 3.8) is 0 Å². The van der Waals surface area contributed by atoms with Gasteiger partial charge in [0.15, 0.2) is 0 Å². The minimum absolute atomic E-state index is 0. The van der Waals surface area contributed by atoms with Crippen LogP contribution in [0.1, 0.15) is 0 Å². The van der Waals surface area contributed by atoms with Crippen LogP contribution < -0.4 is 14.9 Å². The third-order valence-corrected chi connectivity index (χ3v) is 5.87. The van der Waals surface area contributed by atoms with E-state index in [0.29, 0.717) is 27.8 Å². The molecule has 0 unspecified atom stereocenters. The number of halogens is 2. The molecule has 0 radical (unpaired) electrons. The van der Waals surface area contributed by atoms with Gasteiger partial charge in [-0.05, 0) is 20.2 Å². The number of nitrogens with zero attached hydrogens (tertiary/aromatic N) is 5. The monoisotopic (exact) mass is 435 g/mol. The minimum atomic E-state index is -3.30. The number of sulfonamides is 1. The first-order chi connectivity index (χ1) is 12.4. The fourth-order valence-corrected chi connectivity index (χ4v) is 3.42. The molecule has 1 fully saturated rings. The Morgan fingerprint density at radius 2 is 1.93 bits per heavy atom. The normalized spacial score (nSPS) is 15.6. The van der Waals surface area contributed by atoms with Crippen LogP contribution in [-0.4, -0.2) is 80.8 Å². The van der Waals surface area contributed by atoms with E-state index >= 15 is 0 Å². The topological polar surface area (TPSA) is 103 Å². The maximum absolute atomic E-state index is 11.6. The third-order valence-electron chi connectivity index (χ3n) is 4.30. The van der Waals surface area contributed by atoms with Crippen molar-refractivity contribution in [2.24, 2.45) is 0 Å². The highest BCUT2D eigenvalue weighted by Crippen LogP contribution is 2.25. The molecule has 0 bridgehead atoms. The number of likely N-dealkylation sites (N-methyl/N-ethyl adjacent to an activating group) is 1. The van der Waals surface area contributed by atoms with Crippen LogP contribution in [0, 0.1) is 0 Å². The molecule has 0 amide bonds. The van der Waals surface area contributed by atoms with Crippen LogP contribution in [0.15, 0.2) is 12.3 Å². The van der Waals surface area contributed by atoms with E-state index in [0.717, 1.165) is 26.2 Å². The van der Waals surface area contributed by atoms with E-state index in [-0.39, 0.29) is 24.7 Å². The van der Waals surface area contributed by atoms with Crippen molar-refractivity contribution in [2.75, 3.05) is 62.8 Å². The summed E-state index contributed by atoms with van der Waals surface area (Å²) >= 11 is 6.01. The molecule has 12 heteroatoms. The molecule has 0 atom stereocenters. The van der Waals surface area contributed by atoms with Crippen LogP contribution in [-0.2, 0) is 10.0 Å². The lowest BCUT2D eigenvalue weighted by atomic mass is 10.3. The first-order valence-corrected chi connectivity index (χ1v) is 10.3. The van der Waals surface area contributed by atoms with Gasteiger partial charge in [-0.15, -0.1) is 12.4 Å². The largest absolute Gasteiger partial charge is 0.368 e. The zero-order valence-electron chi connectivity index (χ0n) is 15.1. The van der Waals surface area contributed by atoms with Crippen LogP contribution in [0.2, 0.25) is 5.15 Å². The van der Waals surface area contributed by atoms with Gasteiger partial charge in [0, 0.05) is 38.1 Å². The molecular weight excluding hydrogens is 413 g/mol. The SMILES string of the molecule is CNS(=O)(=O)CCNc1nc(N2CCN(C)CC2)nc2cnc(Cl)cc12.Cl. The number of hydrogen-bond acceptors (Lipinski definition) is 8. The second kappa shape index (κ2) is 9.16. The van der Waals surface area contributed by atoms with E-state index in [1.807, 2.05) is 0 Å². The molecule has 3 heterocycles. The lowest BCUT2D eigenvalue weighted by Crippen LogP contribution is -2.45. The van der Waals surface area contributed by atoms with Gasteiger partial charge in [-0.25, -0.2) is 23.1 Å². The van der Waals surface area contributed by atoms with Gasteiger partial charge in [-0.2, -0.15) is 4.98 Å². The standard InChI is InChI=1S/C15H22ClN7O2S.ClH/c1-17-26(24,25)8-3-18-14-11-9-13(16)19-10-12(11)20-15(21-14)23-6-4-22(2)5-7-23;/h9-10,17H,3-8H2,1-2H3,(H,18,20,21);1H. The molecule has 0 saturated carbocycles. The van der Waals surface area contributed by atoms with E-state index in [1.165, 1.54) is 7.05 Å². The van der Waals surface area contributed by atoms with E-state index < -0.39 is 10.0 Å². The molecule has 3 rings (SSSR count). The summed E-state index contributed by atoms with van der Waals surface area (Å²) in [7, 11) is 0.180. The summed E-state index contributed by atoms with van der Waals surface area (Å²) in [5.41, 5.74) is 0.664. The first-order valence-electron chi connectivity index (χ1n) is 8.30. The summed E-state index contributed by atoms with van der Waals surface area (Å²) in [4.78, 5) is 17.7. The Labute approximate surface area is 170 Å². The molecular formula is C15H23Cl2N7O2S. The fourth-order valence-electron chi connectivity index (χ4n) is 2.68. The average molecular weight is 436 g/mol. The summed E-state index contributed by atoms with van der Waals surface area (Å²) in [5.74, 6) is 1.10. The minimum Gasteiger partial charge on any atom is -0.368 e. The maximum Gasteiger partial charge on any atom is 0.228 e. The van der Waals surface area contributed by atoms with Gasteiger partial charge in [-0.1, -0.05) is 11.6 Å². The van der Waals surface area contributed by atoms with E-state index in [1.54, 1.807) is 12.3 Å². The molecule has 0 spiro atoms. The van der Waals surface area contributed by atoms with Gasteiger partial charge in [0.05, 0.1) is 17.5 Å². The number of rotatable bonds is 6. The van der Waals surface area contributed by atoms with Crippen molar-refractivity contribution in [1.82, 2.24) is 24.6 Å². The molecule has 2 aromatic rings. The smallest absolute Gasteiger partial charge is 0.228 e. The van der Waals surface area contributed by atoms with Gasteiger partial charge < -0.3 is 15.1 Å². The molecule has 27 heavy (non-hydrogen) atoms. The van der Waals surface area contributed by atoms with Crippen molar-refractivity contribution in [3.05, 3.63) is 17.4 Å². The second-order valence-corrected chi connectivity index (χ2v) is 8.57. The highest BCUT2D eigenvalue weighted by molar-refractivity contribution is 7.89. The highest BCUT2D eigenvalue weighted by atomic mass is 35.5. The van der Waals surface area contributed by atoms with Gasteiger partial charge in [-0.3, -0.25) is 0 Å². The van der Waals surface area contributed by atoms with Crippen LogP contribution in [0.3, 0.4) is 0 Å². The Kier molecular flexibility index (Phi) is 7.40. The maximum atomic E-state index is 11.6.